The molecule has 1 atom stereocenters. The molecule has 0 amide bonds. The van der Waals surface area contributed by atoms with Crippen LogP contribution in [-0.2, 0) is 10.3 Å². The average molecular weight is 258 g/mol. The molecular formula is C13H20ClNO2. The molecular weight excluding hydrogens is 238 g/mol. The highest BCUT2D eigenvalue weighted by Gasteiger charge is 2.21. The third-order valence-electron chi connectivity index (χ3n) is 2.74. The first kappa shape index (κ1) is 14.5. The van der Waals surface area contributed by atoms with Crippen molar-refractivity contribution in [1.82, 2.24) is 5.32 Å². The lowest BCUT2D eigenvalue weighted by molar-refractivity contribution is 0.0475. The standard InChI is InChI=1S/C13H20ClNO2/c1-13(16,7-8-15-9-10-17-2)11-3-5-12(14)6-4-11/h3-6,15-16H,7-10H2,1-2H3. The molecule has 0 fully saturated rings. The van der Waals surface area contributed by atoms with Crippen LogP contribution in [0.3, 0.4) is 0 Å². The summed E-state index contributed by atoms with van der Waals surface area (Å²) < 4.78 is 4.93. The van der Waals surface area contributed by atoms with Crippen molar-refractivity contribution in [2.75, 3.05) is 26.8 Å². The van der Waals surface area contributed by atoms with Crippen LogP contribution >= 0.6 is 11.6 Å². The first-order valence-electron chi connectivity index (χ1n) is 5.74. The zero-order valence-electron chi connectivity index (χ0n) is 10.4. The molecule has 0 radical (unpaired) electrons. The van der Waals surface area contributed by atoms with E-state index in [0.29, 0.717) is 18.1 Å². The second kappa shape index (κ2) is 6.97. The summed E-state index contributed by atoms with van der Waals surface area (Å²) in [6.45, 7) is 4.05. The van der Waals surface area contributed by atoms with Crippen LogP contribution in [0.5, 0.6) is 0 Å². The number of methoxy groups -OCH3 is 1. The molecule has 0 spiro atoms. The van der Waals surface area contributed by atoms with Gasteiger partial charge in [-0.25, -0.2) is 0 Å². The van der Waals surface area contributed by atoms with Crippen molar-refractivity contribution in [1.29, 1.82) is 0 Å². The molecule has 1 unspecified atom stereocenters. The van der Waals surface area contributed by atoms with E-state index >= 15 is 0 Å². The predicted octanol–water partition coefficient (Wildman–Crippen LogP) is 2.17. The van der Waals surface area contributed by atoms with Crippen LogP contribution in [0.15, 0.2) is 24.3 Å². The molecule has 3 nitrogen and oxygen atoms in total. The van der Waals surface area contributed by atoms with Gasteiger partial charge in [0.2, 0.25) is 0 Å². The fourth-order valence-corrected chi connectivity index (χ4v) is 1.71. The van der Waals surface area contributed by atoms with Crippen LogP contribution < -0.4 is 5.32 Å². The normalized spacial score (nSPS) is 14.6. The summed E-state index contributed by atoms with van der Waals surface area (Å²) in [5.74, 6) is 0. The number of ether oxygens (including phenoxy) is 1. The number of halogens is 1. The second-order valence-corrected chi connectivity index (χ2v) is 4.71. The molecule has 96 valence electrons. The van der Waals surface area contributed by atoms with Crippen molar-refractivity contribution in [2.24, 2.45) is 0 Å². The average Bonchev–Trinajstić information content (AvgIpc) is 2.29. The highest BCUT2D eigenvalue weighted by molar-refractivity contribution is 6.30. The number of hydrogen-bond donors (Lipinski definition) is 2. The minimum absolute atomic E-state index is 0.651. The van der Waals surface area contributed by atoms with Gasteiger partial charge in [-0.3, -0.25) is 0 Å². The number of rotatable bonds is 7. The van der Waals surface area contributed by atoms with E-state index in [1.807, 2.05) is 19.1 Å². The Balaban J connectivity index is 2.42. The minimum atomic E-state index is -0.829. The van der Waals surface area contributed by atoms with Gasteiger partial charge in [-0.1, -0.05) is 23.7 Å². The SMILES string of the molecule is COCCNCCC(C)(O)c1ccc(Cl)cc1. The smallest absolute Gasteiger partial charge is 0.0880 e. The van der Waals surface area contributed by atoms with E-state index in [9.17, 15) is 5.11 Å². The van der Waals surface area contributed by atoms with Gasteiger partial charge in [-0.15, -0.1) is 0 Å². The van der Waals surface area contributed by atoms with E-state index in [1.54, 1.807) is 19.2 Å². The molecule has 4 heteroatoms. The van der Waals surface area contributed by atoms with Gasteiger partial charge in [0, 0.05) is 18.7 Å². The van der Waals surface area contributed by atoms with Crippen LogP contribution in [0, 0.1) is 0 Å². The minimum Gasteiger partial charge on any atom is -0.385 e. The largest absolute Gasteiger partial charge is 0.385 e. The molecule has 1 aromatic carbocycles. The highest BCUT2D eigenvalue weighted by Crippen LogP contribution is 2.25. The second-order valence-electron chi connectivity index (χ2n) is 4.27. The third kappa shape index (κ3) is 5.04. The zero-order valence-corrected chi connectivity index (χ0v) is 11.1. The van der Waals surface area contributed by atoms with Crippen molar-refractivity contribution in [3.8, 4) is 0 Å². The topological polar surface area (TPSA) is 41.5 Å². The van der Waals surface area contributed by atoms with Gasteiger partial charge in [-0.05, 0) is 37.6 Å². The van der Waals surface area contributed by atoms with Crippen molar-refractivity contribution < 1.29 is 9.84 Å². The lowest BCUT2D eigenvalue weighted by Gasteiger charge is -2.24. The maximum Gasteiger partial charge on any atom is 0.0880 e. The summed E-state index contributed by atoms with van der Waals surface area (Å²) in [4.78, 5) is 0. The summed E-state index contributed by atoms with van der Waals surface area (Å²) in [7, 11) is 1.67. The lowest BCUT2D eigenvalue weighted by Crippen LogP contribution is -2.29. The lowest BCUT2D eigenvalue weighted by atomic mass is 9.93. The van der Waals surface area contributed by atoms with E-state index in [4.69, 9.17) is 16.3 Å². The number of hydrogen-bond acceptors (Lipinski definition) is 3. The molecule has 0 aliphatic carbocycles. The Morgan fingerprint density at radius 2 is 1.94 bits per heavy atom. The van der Waals surface area contributed by atoms with Gasteiger partial charge in [-0.2, -0.15) is 0 Å². The van der Waals surface area contributed by atoms with E-state index < -0.39 is 5.60 Å². The van der Waals surface area contributed by atoms with Crippen molar-refractivity contribution in [3.63, 3.8) is 0 Å². The molecule has 0 saturated carbocycles. The Labute approximate surface area is 108 Å². The number of nitrogens with one attached hydrogen (secondary N) is 1. The zero-order chi connectivity index (χ0) is 12.7. The van der Waals surface area contributed by atoms with Crippen molar-refractivity contribution in [2.45, 2.75) is 18.9 Å². The van der Waals surface area contributed by atoms with Gasteiger partial charge in [0.25, 0.3) is 0 Å². The van der Waals surface area contributed by atoms with Crippen LogP contribution in [0.4, 0.5) is 0 Å². The fraction of sp³-hybridized carbons (Fsp3) is 0.538. The molecule has 2 N–H and O–H groups in total. The fourth-order valence-electron chi connectivity index (χ4n) is 1.58. The van der Waals surface area contributed by atoms with Gasteiger partial charge in [0.1, 0.15) is 0 Å². The molecule has 0 aromatic heterocycles. The molecule has 0 bridgehead atoms. The van der Waals surface area contributed by atoms with Crippen LogP contribution in [0.25, 0.3) is 0 Å². The molecule has 1 aromatic rings. The van der Waals surface area contributed by atoms with Gasteiger partial charge >= 0.3 is 0 Å². The van der Waals surface area contributed by atoms with Gasteiger partial charge in [0.15, 0.2) is 0 Å². The molecule has 17 heavy (non-hydrogen) atoms. The van der Waals surface area contributed by atoms with Crippen molar-refractivity contribution >= 4 is 11.6 Å². The number of aliphatic hydroxyl groups is 1. The summed E-state index contributed by atoms with van der Waals surface area (Å²) in [5, 5.41) is 14.2. The van der Waals surface area contributed by atoms with E-state index in [2.05, 4.69) is 5.32 Å². The first-order chi connectivity index (χ1) is 8.06. The molecule has 0 aliphatic rings. The molecule has 0 aliphatic heterocycles. The molecule has 1 rings (SSSR count). The third-order valence-corrected chi connectivity index (χ3v) is 2.99. The van der Waals surface area contributed by atoms with E-state index in [0.717, 1.165) is 18.7 Å². The number of benzene rings is 1. The van der Waals surface area contributed by atoms with E-state index in [1.165, 1.54) is 0 Å². The first-order valence-corrected chi connectivity index (χ1v) is 6.12. The van der Waals surface area contributed by atoms with Crippen LogP contribution in [0.1, 0.15) is 18.9 Å². The summed E-state index contributed by atoms with van der Waals surface area (Å²) in [5.41, 5.74) is 0.0560. The summed E-state index contributed by atoms with van der Waals surface area (Å²) in [6, 6.07) is 7.31. The molecule has 0 saturated heterocycles. The van der Waals surface area contributed by atoms with Crippen LogP contribution in [0.2, 0.25) is 5.02 Å². The highest BCUT2D eigenvalue weighted by atomic mass is 35.5. The Morgan fingerprint density at radius 1 is 1.29 bits per heavy atom. The Morgan fingerprint density at radius 3 is 2.53 bits per heavy atom. The van der Waals surface area contributed by atoms with E-state index in [-0.39, 0.29) is 0 Å². The summed E-state index contributed by atoms with van der Waals surface area (Å²) in [6.07, 6.45) is 0.651. The Hall–Kier alpha value is -0.610. The maximum absolute atomic E-state index is 10.3. The quantitative estimate of drug-likeness (QED) is 0.736. The Kier molecular flexibility index (Phi) is 5.92. The van der Waals surface area contributed by atoms with Gasteiger partial charge in [0.05, 0.1) is 12.2 Å². The monoisotopic (exact) mass is 257 g/mol. The van der Waals surface area contributed by atoms with Crippen molar-refractivity contribution in [3.05, 3.63) is 34.9 Å². The van der Waals surface area contributed by atoms with Crippen LogP contribution in [-0.4, -0.2) is 31.9 Å². The summed E-state index contributed by atoms with van der Waals surface area (Å²) >= 11 is 5.82. The Bertz CT molecular complexity index is 325. The van der Waals surface area contributed by atoms with Gasteiger partial charge < -0.3 is 15.2 Å². The molecule has 0 heterocycles. The predicted molar refractivity (Wildman–Crippen MR) is 70.4 cm³/mol. The maximum atomic E-state index is 10.3.